The molecule has 0 amide bonds. The van der Waals surface area contributed by atoms with E-state index in [0.717, 1.165) is 24.7 Å². The van der Waals surface area contributed by atoms with E-state index < -0.39 is 15.8 Å². The van der Waals surface area contributed by atoms with Crippen molar-refractivity contribution in [2.75, 3.05) is 5.75 Å². The molecule has 0 bridgehead atoms. The molecular weight excluding hydrogens is 252 g/mol. The van der Waals surface area contributed by atoms with E-state index in [4.69, 9.17) is 5.11 Å². The number of unbranched alkanes of at least 4 members (excludes halogenated alkanes) is 7. The van der Waals surface area contributed by atoms with Crippen LogP contribution in [0.25, 0.3) is 0 Å². The van der Waals surface area contributed by atoms with Crippen molar-refractivity contribution < 1.29 is 18.3 Å². The van der Waals surface area contributed by atoms with E-state index >= 15 is 0 Å². The Labute approximate surface area is 110 Å². The highest BCUT2D eigenvalue weighted by molar-refractivity contribution is 7.94. The number of hydrogen-bond donors (Lipinski definition) is 1. The fourth-order valence-corrected chi connectivity index (χ4v) is 2.73. The van der Waals surface area contributed by atoms with Crippen molar-refractivity contribution in [3.05, 3.63) is 11.5 Å². The van der Waals surface area contributed by atoms with Gasteiger partial charge >= 0.3 is 5.97 Å². The Hall–Kier alpha value is -0.840. The predicted octanol–water partition coefficient (Wildman–Crippen LogP) is 3.14. The van der Waals surface area contributed by atoms with Gasteiger partial charge in [0.1, 0.15) is 0 Å². The molecule has 0 aromatic carbocycles. The van der Waals surface area contributed by atoms with Crippen molar-refractivity contribution in [1.82, 2.24) is 0 Å². The summed E-state index contributed by atoms with van der Waals surface area (Å²) in [6, 6.07) is 0. The van der Waals surface area contributed by atoms with Gasteiger partial charge in [0.15, 0.2) is 9.84 Å². The van der Waals surface area contributed by atoms with Gasteiger partial charge < -0.3 is 5.11 Å². The van der Waals surface area contributed by atoms with Crippen LogP contribution in [-0.4, -0.2) is 25.2 Å². The monoisotopic (exact) mass is 276 g/mol. The molecule has 0 atom stereocenters. The summed E-state index contributed by atoms with van der Waals surface area (Å²) in [5.74, 6) is -1.18. The van der Waals surface area contributed by atoms with Gasteiger partial charge in [0, 0.05) is 11.5 Å². The Bertz CT molecular complexity index is 344. The molecule has 0 aliphatic carbocycles. The molecule has 0 fully saturated rings. The number of sulfone groups is 1. The third-order valence-electron chi connectivity index (χ3n) is 2.70. The zero-order valence-electron chi connectivity index (χ0n) is 11.1. The third kappa shape index (κ3) is 11.6. The summed E-state index contributed by atoms with van der Waals surface area (Å²) in [5, 5.41) is 9.13. The maximum Gasteiger partial charge on any atom is 0.329 e. The average Bonchev–Trinajstić information content (AvgIpc) is 2.30. The molecule has 0 aliphatic rings. The topological polar surface area (TPSA) is 71.4 Å². The van der Waals surface area contributed by atoms with Crippen molar-refractivity contribution in [1.29, 1.82) is 0 Å². The first-order valence-corrected chi connectivity index (χ1v) is 8.33. The first kappa shape index (κ1) is 17.2. The minimum absolute atomic E-state index is 0.0474. The lowest BCUT2D eigenvalue weighted by Gasteiger charge is -2.01. The van der Waals surface area contributed by atoms with Crippen LogP contribution in [-0.2, 0) is 14.6 Å². The van der Waals surface area contributed by atoms with Gasteiger partial charge in [-0.3, -0.25) is 0 Å². The second-order valence-corrected chi connectivity index (χ2v) is 6.49. The molecule has 0 rings (SSSR count). The molecule has 0 aliphatic heterocycles. The van der Waals surface area contributed by atoms with E-state index in [1.54, 1.807) is 0 Å². The van der Waals surface area contributed by atoms with Gasteiger partial charge in [0.05, 0.1) is 5.75 Å². The number of carboxylic acids is 1. The lowest BCUT2D eigenvalue weighted by molar-refractivity contribution is -0.131. The third-order valence-corrected chi connectivity index (χ3v) is 4.11. The molecule has 0 radical (unpaired) electrons. The molecule has 0 aromatic rings. The smallest absolute Gasteiger partial charge is 0.329 e. The standard InChI is InChI=1S/C13H24O4S/c1-2-3-4-5-6-7-8-9-11-18(16,17)12-10-13(14)15/h10,12H,2-9,11H2,1H3,(H,14,15)/b12-10+. The highest BCUT2D eigenvalue weighted by Gasteiger charge is 2.06. The van der Waals surface area contributed by atoms with Crippen molar-refractivity contribution in [3.63, 3.8) is 0 Å². The highest BCUT2D eigenvalue weighted by atomic mass is 32.2. The van der Waals surface area contributed by atoms with E-state index in [-0.39, 0.29) is 5.75 Å². The van der Waals surface area contributed by atoms with E-state index in [9.17, 15) is 13.2 Å². The van der Waals surface area contributed by atoms with Crippen LogP contribution in [0.3, 0.4) is 0 Å². The second kappa shape index (κ2) is 10.1. The number of carboxylic acid groups (broad SMARTS) is 1. The summed E-state index contributed by atoms with van der Waals surface area (Å²) in [7, 11) is -3.34. The van der Waals surface area contributed by atoms with Gasteiger partial charge in [-0.25, -0.2) is 13.2 Å². The van der Waals surface area contributed by atoms with E-state index in [1.807, 2.05) is 0 Å². The van der Waals surface area contributed by atoms with Gasteiger partial charge in [0.25, 0.3) is 0 Å². The van der Waals surface area contributed by atoms with Crippen LogP contribution in [0.5, 0.6) is 0 Å². The molecule has 0 heterocycles. The first-order chi connectivity index (χ1) is 8.48. The molecule has 0 unspecified atom stereocenters. The normalized spacial score (nSPS) is 12.1. The van der Waals surface area contributed by atoms with Gasteiger partial charge in [0.2, 0.25) is 0 Å². The maximum absolute atomic E-state index is 11.4. The summed E-state index contributed by atoms with van der Waals surface area (Å²) in [6.45, 7) is 2.18. The quantitative estimate of drug-likeness (QED) is 0.465. The minimum atomic E-state index is -3.34. The van der Waals surface area contributed by atoms with Crippen molar-refractivity contribution in [3.8, 4) is 0 Å². The molecule has 0 spiro atoms. The zero-order valence-corrected chi connectivity index (χ0v) is 11.9. The Morgan fingerprint density at radius 3 is 2.00 bits per heavy atom. The van der Waals surface area contributed by atoms with E-state index in [1.165, 1.54) is 25.7 Å². The van der Waals surface area contributed by atoms with Crippen LogP contribution < -0.4 is 0 Å². The molecule has 0 saturated carbocycles. The van der Waals surface area contributed by atoms with Gasteiger partial charge in [-0.05, 0) is 6.42 Å². The highest BCUT2D eigenvalue weighted by Crippen LogP contribution is 2.09. The largest absolute Gasteiger partial charge is 0.478 e. The molecule has 1 N–H and O–H groups in total. The molecule has 4 nitrogen and oxygen atoms in total. The SMILES string of the molecule is CCCCCCCCCCS(=O)(=O)/C=C/C(=O)O. The van der Waals surface area contributed by atoms with Gasteiger partial charge in [-0.1, -0.05) is 51.9 Å². The van der Waals surface area contributed by atoms with Crippen LogP contribution in [0.2, 0.25) is 0 Å². The average molecular weight is 276 g/mol. The van der Waals surface area contributed by atoms with Crippen LogP contribution in [0.15, 0.2) is 11.5 Å². The fraction of sp³-hybridized carbons (Fsp3) is 0.769. The summed E-state index contributed by atoms with van der Waals surface area (Å²) >= 11 is 0. The maximum atomic E-state index is 11.4. The molecule has 5 heteroatoms. The Morgan fingerprint density at radius 2 is 1.50 bits per heavy atom. The lowest BCUT2D eigenvalue weighted by atomic mass is 10.1. The van der Waals surface area contributed by atoms with Gasteiger partial charge in [-0.15, -0.1) is 0 Å². The molecule has 18 heavy (non-hydrogen) atoms. The number of hydrogen-bond acceptors (Lipinski definition) is 3. The van der Waals surface area contributed by atoms with Crippen LogP contribution in [0.1, 0.15) is 58.3 Å². The Kier molecular flexibility index (Phi) is 9.64. The lowest BCUT2D eigenvalue weighted by Crippen LogP contribution is -2.03. The predicted molar refractivity (Wildman–Crippen MR) is 73.2 cm³/mol. The second-order valence-electron chi connectivity index (χ2n) is 4.48. The Morgan fingerprint density at radius 1 is 1.00 bits per heavy atom. The van der Waals surface area contributed by atoms with Gasteiger partial charge in [-0.2, -0.15) is 0 Å². The zero-order chi connectivity index (χ0) is 13.9. The van der Waals surface area contributed by atoms with E-state index in [0.29, 0.717) is 12.5 Å². The summed E-state index contributed by atoms with van der Waals surface area (Å²) < 4.78 is 22.7. The fourth-order valence-electron chi connectivity index (χ4n) is 1.67. The molecule has 106 valence electrons. The first-order valence-electron chi connectivity index (χ1n) is 6.61. The van der Waals surface area contributed by atoms with Crippen LogP contribution in [0, 0.1) is 0 Å². The molecule has 0 saturated heterocycles. The molecular formula is C13H24O4S. The Balaban J connectivity index is 3.56. The summed E-state index contributed by atoms with van der Waals surface area (Å²) in [5.41, 5.74) is 0. The number of rotatable bonds is 11. The van der Waals surface area contributed by atoms with E-state index in [2.05, 4.69) is 6.92 Å². The summed E-state index contributed by atoms with van der Waals surface area (Å²) in [4.78, 5) is 10.2. The van der Waals surface area contributed by atoms with Crippen molar-refractivity contribution >= 4 is 15.8 Å². The van der Waals surface area contributed by atoms with Crippen molar-refractivity contribution in [2.45, 2.75) is 58.3 Å². The summed E-state index contributed by atoms with van der Waals surface area (Å²) in [6.07, 6.45) is 9.39. The number of aliphatic carboxylic acids is 1. The molecule has 0 aromatic heterocycles. The minimum Gasteiger partial charge on any atom is -0.478 e. The number of carbonyl (C=O) groups is 1. The van der Waals surface area contributed by atoms with Crippen LogP contribution >= 0.6 is 0 Å². The van der Waals surface area contributed by atoms with Crippen molar-refractivity contribution in [2.24, 2.45) is 0 Å². The van der Waals surface area contributed by atoms with Crippen LogP contribution in [0.4, 0.5) is 0 Å².